The van der Waals surface area contributed by atoms with E-state index in [-0.39, 0.29) is 5.56 Å². The molecule has 0 saturated heterocycles. The van der Waals surface area contributed by atoms with Gasteiger partial charge in [0, 0.05) is 25.7 Å². The fourth-order valence-electron chi connectivity index (χ4n) is 0.471. The molecule has 0 aromatic carbocycles. The number of halogens is 1. The van der Waals surface area contributed by atoms with Crippen LogP contribution in [0.15, 0.2) is 17.1 Å². The van der Waals surface area contributed by atoms with Crippen molar-refractivity contribution in [1.29, 1.82) is 0 Å². The number of nitrogens with two attached hydrogens (primary N) is 1. The van der Waals surface area contributed by atoms with Crippen LogP contribution in [0.3, 0.4) is 0 Å². The fourth-order valence-corrected chi connectivity index (χ4v) is 0.987. The molecule has 0 fully saturated rings. The number of nitrogen functional groups attached to an aromatic ring is 1. The lowest BCUT2D eigenvalue weighted by molar-refractivity contribution is -0.135. The van der Waals surface area contributed by atoms with Gasteiger partial charge in [-0.2, -0.15) is 0 Å². The predicted molar refractivity (Wildman–Crippen MR) is 70.8 cm³/mol. The zero-order chi connectivity index (χ0) is 14.0. The number of hydrogen-bond donors (Lipinski definition) is 4. The third-order valence-corrected chi connectivity index (χ3v) is 1.68. The Kier molecular flexibility index (Phi) is 10.1. The minimum Gasteiger partial charge on any atom is -0.481 e. The van der Waals surface area contributed by atoms with Gasteiger partial charge in [0.2, 0.25) is 0 Å². The van der Waals surface area contributed by atoms with Crippen molar-refractivity contribution in [2.75, 3.05) is 5.73 Å². The minimum atomic E-state index is -0.833. The van der Waals surface area contributed by atoms with Gasteiger partial charge >= 0.3 is 0 Å². The van der Waals surface area contributed by atoms with Gasteiger partial charge in [0.15, 0.2) is 0 Å². The molecule has 0 aliphatic carbocycles. The van der Waals surface area contributed by atoms with Gasteiger partial charge in [-0.1, -0.05) is 0 Å². The molecular formula is C9H13IN2O5. The van der Waals surface area contributed by atoms with Crippen LogP contribution in [-0.2, 0) is 9.59 Å². The molecule has 0 radical (unpaired) electrons. The van der Waals surface area contributed by atoms with E-state index in [4.69, 9.17) is 25.5 Å². The number of carbonyl (C=O) groups is 2. The molecule has 0 unspecified atom stereocenters. The van der Waals surface area contributed by atoms with E-state index in [1.54, 1.807) is 6.07 Å². The van der Waals surface area contributed by atoms with E-state index >= 15 is 0 Å². The quantitative estimate of drug-likeness (QED) is 0.507. The first-order chi connectivity index (χ1) is 7.66. The van der Waals surface area contributed by atoms with Crippen molar-refractivity contribution in [3.8, 4) is 0 Å². The number of rotatable bonds is 0. The molecule has 0 aliphatic heterocycles. The number of carboxylic acid groups (broad SMARTS) is 2. The summed E-state index contributed by atoms with van der Waals surface area (Å²) in [6.45, 7) is 2.17. The molecule has 96 valence electrons. The Labute approximate surface area is 111 Å². The lowest BCUT2D eigenvalue weighted by Crippen LogP contribution is -2.08. The third-order valence-electron chi connectivity index (χ3n) is 0.880. The van der Waals surface area contributed by atoms with Crippen LogP contribution in [0, 0.1) is 3.57 Å². The molecule has 8 heteroatoms. The normalized spacial score (nSPS) is 7.94. The Bertz CT molecular complexity index is 410. The summed E-state index contributed by atoms with van der Waals surface area (Å²) in [7, 11) is 0. The van der Waals surface area contributed by atoms with Crippen LogP contribution < -0.4 is 11.3 Å². The van der Waals surface area contributed by atoms with E-state index in [1.165, 1.54) is 6.20 Å². The number of aromatic nitrogens is 1. The highest BCUT2D eigenvalue weighted by atomic mass is 127. The summed E-state index contributed by atoms with van der Waals surface area (Å²) >= 11 is 1.93. The number of anilines is 1. The van der Waals surface area contributed by atoms with Crippen molar-refractivity contribution >= 4 is 40.2 Å². The molecule has 7 nitrogen and oxygen atoms in total. The van der Waals surface area contributed by atoms with Crippen LogP contribution in [0.5, 0.6) is 0 Å². The van der Waals surface area contributed by atoms with E-state index in [0.29, 0.717) is 9.26 Å². The van der Waals surface area contributed by atoms with E-state index < -0.39 is 11.9 Å². The Hall–Kier alpha value is -1.58. The van der Waals surface area contributed by atoms with Crippen LogP contribution in [-0.4, -0.2) is 27.1 Å². The van der Waals surface area contributed by atoms with Crippen LogP contribution in [0.2, 0.25) is 0 Å². The van der Waals surface area contributed by atoms with E-state index in [1.807, 2.05) is 22.6 Å². The van der Waals surface area contributed by atoms with Crippen LogP contribution in [0.25, 0.3) is 0 Å². The molecule has 0 saturated carbocycles. The molecule has 17 heavy (non-hydrogen) atoms. The van der Waals surface area contributed by atoms with Gasteiger partial charge in [0.05, 0.1) is 3.57 Å². The van der Waals surface area contributed by atoms with Crippen molar-refractivity contribution in [3.05, 3.63) is 26.2 Å². The van der Waals surface area contributed by atoms with Crippen molar-refractivity contribution in [3.63, 3.8) is 0 Å². The number of aliphatic carboxylic acids is 2. The van der Waals surface area contributed by atoms with Crippen molar-refractivity contribution in [2.24, 2.45) is 0 Å². The second kappa shape index (κ2) is 9.63. The highest BCUT2D eigenvalue weighted by molar-refractivity contribution is 14.1. The molecule has 1 aromatic rings. The number of hydrogen-bond acceptors (Lipinski definition) is 4. The molecule has 5 N–H and O–H groups in total. The molecule has 0 bridgehead atoms. The SMILES string of the molecule is CC(=O)O.CC(=O)O.Nc1c[nH]c(=O)c(I)c1. The largest absolute Gasteiger partial charge is 0.481 e. The summed E-state index contributed by atoms with van der Waals surface area (Å²) in [6, 6.07) is 1.62. The lowest BCUT2D eigenvalue weighted by atomic mass is 10.4. The third kappa shape index (κ3) is 17.1. The van der Waals surface area contributed by atoms with Gasteiger partial charge in [-0.25, -0.2) is 0 Å². The smallest absolute Gasteiger partial charge is 0.300 e. The number of H-pyrrole nitrogens is 1. The Morgan fingerprint density at radius 2 is 1.65 bits per heavy atom. The number of nitrogens with one attached hydrogen (secondary N) is 1. The van der Waals surface area contributed by atoms with Gasteiger partial charge in [-0.05, 0) is 28.7 Å². The number of pyridine rings is 1. The summed E-state index contributed by atoms with van der Waals surface area (Å²) in [4.78, 5) is 31.1. The zero-order valence-corrected chi connectivity index (χ0v) is 11.4. The summed E-state index contributed by atoms with van der Waals surface area (Å²) in [5.74, 6) is -1.67. The summed E-state index contributed by atoms with van der Waals surface area (Å²) in [5, 5.41) is 14.8. The summed E-state index contributed by atoms with van der Waals surface area (Å²) in [5.41, 5.74) is 5.84. The van der Waals surface area contributed by atoms with Gasteiger partial charge in [-0.15, -0.1) is 0 Å². The van der Waals surface area contributed by atoms with Gasteiger partial charge in [0.1, 0.15) is 0 Å². The maximum atomic E-state index is 10.7. The van der Waals surface area contributed by atoms with Crippen molar-refractivity contribution < 1.29 is 19.8 Å². The van der Waals surface area contributed by atoms with Crippen molar-refractivity contribution in [2.45, 2.75) is 13.8 Å². The Morgan fingerprint density at radius 1 is 1.29 bits per heavy atom. The van der Waals surface area contributed by atoms with E-state index in [9.17, 15) is 4.79 Å². The molecular weight excluding hydrogens is 343 g/mol. The fraction of sp³-hybridized carbons (Fsp3) is 0.222. The molecule has 0 aliphatic rings. The predicted octanol–water partition coefficient (Wildman–Crippen LogP) is 0.743. The van der Waals surface area contributed by atoms with Crippen LogP contribution >= 0.6 is 22.6 Å². The topological polar surface area (TPSA) is 133 Å². The highest BCUT2D eigenvalue weighted by Gasteiger charge is 1.91. The van der Waals surface area contributed by atoms with E-state index in [0.717, 1.165) is 13.8 Å². The standard InChI is InChI=1S/C5H5IN2O.2C2H4O2/c6-4-1-3(7)2-8-5(4)9;2*1-2(3)4/h1-2H,7H2,(H,8,9);2*1H3,(H,3,4). The average Bonchev–Trinajstić information content (AvgIpc) is 2.10. The van der Waals surface area contributed by atoms with Crippen LogP contribution in [0.4, 0.5) is 5.69 Å². The first-order valence-electron chi connectivity index (χ1n) is 4.19. The maximum absolute atomic E-state index is 10.7. The van der Waals surface area contributed by atoms with Crippen molar-refractivity contribution in [1.82, 2.24) is 4.98 Å². The van der Waals surface area contributed by atoms with Gasteiger partial charge in [-0.3, -0.25) is 14.4 Å². The molecule has 0 atom stereocenters. The molecule has 1 aromatic heterocycles. The monoisotopic (exact) mass is 356 g/mol. The highest BCUT2D eigenvalue weighted by Crippen LogP contribution is 2.00. The summed E-state index contributed by atoms with van der Waals surface area (Å²) < 4.78 is 0.618. The molecule has 1 heterocycles. The van der Waals surface area contributed by atoms with E-state index in [2.05, 4.69) is 4.98 Å². The molecule has 1 rings (SSSR count). The summed E-state index contributed by atoms with van der Waals surface area (Å²) in [6.07, 6.45) is 1.48. The Morgan fingerprint density at radius 3 is 1.88 bits per heavy atom. The second-order valence-corrected chi connectivity index (χ2v) is 3.81. The van der Waals surface area contributed by atoms with Gasteiger partial charge < -0.3 is 20.9 Å². The molecule has 0 spiro atoms. The molecule has 0 amide bonds. The second-order valence-electron chi connectivity index (χ2n) is 2.65. The maximum Gasteiger partial charge on any atom is 0.300 e. The first-order valence-corrected chi connectivity index (χ1v) is 5.27. The van der Waals surface area contributed by atoms with Crippen LogP contribution in [0.1, 0.15) is 13.8 Å². The lowest BCUT2D eigenvalue weighted by Gasteiger charge is -1.89. The number of aromatic amines is 1. The number of carboxylic acids is 2. The average molecular weight is 356 g/mol. The Balaban J connectivity index is 0. The van der Waals surface area contributed by atoms with Gasteiger partial charge in [0.25, 0.3) is 17.5 Å². The zero-order valence-electron chi connectivity index (χ0n) is 9.23. The minimum absolute atomic E-state index is 0.0928. The first kappa shape index (κ1) is 17.8.